The van der Waals surface area contributed by atoms with Gasteiger partial charge in [0.2, 0.25) is 5.88 Å². The molecule has 0 saturated carbocycles. The van der Waals surface area contributed by atoms with Gasteiger partial charge >= 0.3 is 0 Å². The number of rotatable bonds is 6. The van der Waals surface area contributed by atoms with E-state index in [1.54, 1.807) is 58.9 Å². The summed E-state index contributed by atoms with van der Waals surface area (Å²) in [6.45, 7) is 1.91. The average Bonchev–Trinajstić information content (AvgIpc) is 3.47. The number of nitrogens with zero attached hydrogens (tertiary/aromatic N) is 6. The minimum Gasteiger partial charge on any atom is -0.438 e. The summed E-state index contributed by atoms with van der Waals surface area (Å²) in [5.74, 6) is 1.28. The minimum absolute atomic E-state index is 0.249. The van der Waals surface area contributed by atoms with Crippen LogP contribution in [0.15, 0.2) is 85.1 Å². The first kappa shape index (κ1) is 21.1. The van der Waals surface area contributed by atoms with E-state index in [9.17, 15) is 4.79 Å². The highest BCUT2D eigenvalue weighted by Gasteiger charge is 2.14. The zero-order valence-electron chi connectivity index (χ0n) is 18.6. The van der Waals surface area contributed by atoms with Crippen molar-refractivity contribution in [2.75, 3.05) is 5.32 Å². The van der Waals surface area contributed by atoms with Gasteiger partial charge in [0, 0.05) is 30.6 Å². The summed E-state index contributed by atoms with van der Waals surface area (Å²) >= 11 is 0. The van der Waals surface area contributed by atoms with Gasteiger partial charge in [-0.2, -0.15) is 10.2 Å². The van der Waals surface area contributed by atoms with Crippen LogP contribution in [0, 0.1) is 6.92 Å². The Hall–Kier alpha value is -4.79. The lowest BCUT2D eigenvalue weighted by Gasteiger charge is -2.08. The van der Waals surface area contributed by atoms with Crippen LogP contribution in [0.3, 0.4) is 0 Å². The van der Waals surface area contributed by atoms with Crippen molar-refractivity contribution in [3.05, 3.63) is 96.4 Å². The Morgan fingerprint density at radius 1 is 0.912 bits per heavy atom. The molecule has 34 heavy (non-hydrogen) atoms. The molecule has 0 unspecified atom stereocenters. The molecule has 0 aliphatic carbocycles. The van der Waals surface area contributed by atoms with Crippen LogP contribution in [0.5, 0.6) is 11.6 Å². The van der Waals surface area contributed by atoms with E-state index in [0.717, 1.165) is 17.0 Å². The maximum Gasteiger partial charge on any atom is 0.273 e. The molecule has 0 spiro atoms. The Morgan fingerprint density at radius 2 is 1.71 bits per heavy atom. The Morgan fingerprint density at radius 3 is 2.38 bits per heavy atom. The van der Waals surface area contributed by atoms with Gasteiger partial charge in [-0.25, -0.2) is 4.68 Å². The van der Waals surface area contributed by atoms with Crippen LogP contribution >= 0.6 is 0 Å². The quantitative estimate of drug-likeness (QED) is 0.410. The molecule has 1 amide bonds. The fraction of sp³-hybridized carbons (Fsp3) is 0.0800. The second kappa shape index (κ2) is 8.99. The molecule has 0 aliphatic rings. The average molecular weight is 451 g/mol. The van der Waals surface area contributed by atoms with Crippen LogP contribution < -0.4 is 10.1 Å². The van der Waals surface area contributed by atoms with E-state index in [1.165, 1.54) is 0 Å². The van der Waals surface area contributed by atoms with E-state index in [1.807, 2.05) is 49.5 Å². The molecule has 0 bridgehead atoms. The second-order valence-electron chi connectivity index (χ2n) is 7.62. The van der Waals surface area contributed by atoms with Crippen molar-refractivity contribution in [2.24, 2.45) is 7.05 Å². The number of hydrogen-bond acceptors (Lipinski definition) is 6. The molecule has 0 saturated heterocycles. The highest BCUT2D eigenvalue weighted by atomic mass is 16.5. The van der Waals surface area contributed by atoms with Crippen LogP contribution in [0.2, 0.25) is 0 Å². The third kappa shape index (κ3) is 4.53. The SMILES string of the molecule is Cc1ccn(-c2ccc(Oc3ccc(NC(=O)c4cc(-c5ccccc5)nn4C)cc3)nn2)n1. The summed E-state index contributed by atoms with van der Waals surface area (Å²) in [6.07, 6.45) is 1.82. The van der Waals surface area contributed by atoms with Crippen molar-refractivity contribution in [1.82, 2.24) is 29.8 Å². The number of benzene rings is 2. The number of aryl methyl sites for hydroxylation is 2. The van der Waals surface area contributed by atoms with Crippen LogP contribution in [0.4, 0.5) is 5.69 Å². The highest BCUT2D eigenvalue weighted by molar-refractivity contribution is 6.03. The predicted molar refractivity (Wildman–Crippen MR) is 127 cm³/mol. The van der Waals surface area contributed by atoms with Crippen molar-refractivity contribution < 1.29 is 9.53 Å². The van der Waals surface area contributed by atoms with Crippen LogP contribution in [-0.4, -0.2) is 35.7 Å². The van der Waals surface area contributed by atoms with Gasteiger partial charge in [-0.1, -0.05) is 30.3 Å². The van der Waals surface area contributed by atoms with Gasteiger partial charge < -0.3 is 10.1 Å². The standard InChI is InChI=1S/C25H21N7O2/c1-17-14-15-32(29-17)23-12-13-24(28-27-23)34-20-10-8-19(9-11-20)26-25(33)22-16-21(30-31(22)2)18-6-4-3-5-7-18/h3-16H,1-2H3,(H,26,33). The zero-order chi connectivity index (χ0) is 23.5. The zero-order valence-corrected chi connectivity index (χ0v) is 18.6. The van der Waals surface area contributed by atoms with Crippen molar-refractivity contribution in [3.8, 4) is 28.7 Å². The van der Waals surface area contributed by atoms with Gasteiger partial charge in [-0.15, -0.1) is 10.2 Å². The second-order valence-corrected chi connectivity index (χ2v) is 7.62. The number of carbonyl (C=O) groups is 1. The van der Waals surface area contributed by atoms with E-state index >= 15 is 0 Å². The number of hydrogen-bond donors (Lipinski definition) is 1. The molecule has 9 heteroatoms. The van der Waals surface area contributed by atoms with Crippen molar-refractivity contribution in [1.29, 1.82) is 0 Å². The number of carbonyl (C=O) groups excluding carboxylic acids is 1. The molecule has 2 aromatic carbocycles. The molecule has 0 aliphatic heterocycles. The van der Waals surface area contributed by atoms with E-state index in [-0.39, 0.29) is 5.91 Å². The van der Waals surface area contributed by atoms with Crippen molar-refractivity contribution in [2.45, 2.75) is 6.92 Å². The van der Waals surface area contributed by atoms with Crippen molar-refractivity contribution >= 4 is 11.6 Å². The Kier molecular flexibility index (Phi) is 5.57. The molecule has 0 atom stereocenters. The first-order chi connectivity index (χ1) is 16.5. The molecule has 168 valence electrons. The molecular formula is C25H21N7O2. The molecule has 9 nitrogen and oxygen atoms in total. The fourth-order valence-electron chi connectivity index (χ4n) is 3.38. The van der Waals surface area contributed by atoms with Gasteiger partial charge in [0.05, 0.1) is 11.4 Å². The monoisotopic (exact) mass is 451 g/mol. The third-order valence-corrected chi connectivity index (χ3v) is 5.10. The molecule has 0 radical (unpaired) electrons. The summed E-state index contributed by atoms with van der Waals surface area (Å²) in [7, 11) is 1.75. The van der Waals surface area contributed by atoms with Crippen molar-refractivity contribution in [3.63, 3.8) is 0 Å². The van der Waals surface area contributed by atoms with Crippen LogP contribution in [0.1, 0.15) is 16.2 Å². The topological polar surface area (TPSA) is 99.8 Å². The number of ether oxygens (including phenoxy) is 1. The van der Waals surface area contributed by atoms with Gasteiger partial charge in [0.25, 0.3) is 5.91 Å². The van der Waals surface area contributed by atoms with E-state index in [4.69, 9.17) is 4.74 Å². The number of amides is 1. The molecular weight excluding hydrogens is 430 g/mol. The first-order valence-corrected chi connectivity index (χ1v) is 10.6. The smallest absolute Gasteiger partial charge is 0.273 e. The van der Waals surface area contributed by atoms with Crippen LogP contribution in [0.25, 0.3) is 17.1 Å². The lowest BCUT2D eigenvalue weighted by atomic mass is 10.1. The maximum absolute atomic E-state index is 12.8. The third-order valence-electron chi connectivity index (χ3n) is 5.10. The van der Waals surface area contributed by atoms with E-state index < -0.39 is 0 Å². The lowest BCUT2D eigenvalue weighted by molar-refractivity contribution is 0.101. The Balaban J connectivity index is 1.23. The van der Waals surface area contributed by atoms with Gasteiger partial charge in [-0.05, 0) is 49.4 Å². The van der Waals surface area contributed by atoms with Gasteiger partial charge in [-0.3, -0.25) is 9.48 Å². The molecule has 5 rings (SSSR count). The first-order valence-electron chi connectivity index (χ1n) is 10.6. The summed E-state index contributed by atoms with van der Waals surface area (Å²) in [4.78, 5) is 12.8. The highest BCUT2D eigenvalue weighted by Crippen LogP contribution is 2.23. The van der Waals surface area contributed by atoms with Gasteiger partial charge in [0.15, 0.2) is 5.82 Å². The normalized spacial score (nSPS) is 10.8. The predicted octanol–water partition coefficient (Wildman–Crippen LogP) is 4.42. The van der Waals surface area contributed by atoms with E-state index in [2.05, 4.69) is 25.7 Å². The molecule has 1 N–H and O–H groups in total. The van der Waals surface area contributed by atoms with Gasteiger partial charge in [0.1, 0.15) is 11.4 Å². The largest absolute Gasteiger partial charge is 0.438 e. The van der Waals surface area contributed by atoms with E-state index in [0.29, 0.717) is 28.8 Å². The molecule has 0 fully saturated rings. The summed E-state index contributed by atoms with van der Waals surface area (Å²) in [5.41, 5.74) is 3.69. The molecule has 3 aromatic heterocycles. The molecule has 5 aromatic rings. The summed E-state index contributed by atoms with van der Waals surface area (Å²) in [5, 5.41) is 19.9. The van der Waals surface area contributed by atoms with Crippen LogP contribution in [-0.2, 0) is 7.05 Å². The Bertz CT molecular complexity index is 1420. The molecule has 3 heterocycles. The summed E-state index contributed by atoms with van der Waals surface area (Å²) in [6, 6.07) is 23.9. The Labute approximate surface area is 195 Å². The minimum atomic E-state index is -0.249. The summed E-state index contributed by atoms with van der Waals surface area (Å²) < 4.78 is 8.98. The fourth-order valence-corrected chi connectivity index (χ4v) is 3.38. The number of nitrogens with one attached hydrogen (secondary N) is 1. The number of aromatic nitrogens is 6. The maximum atomic E-state index is 12.8. The number of anilines is 1. The lowest BCUT2D eigenvalue weighted by Crippen LogP contribution is -2.15.